The van der Waals surface area contributed by atoms with Gasteiger partial charge in [0.1, 0.15) is 0 Å². The van der Waals surface area contributed by atoms with Crippen LogP contribution in [-0.2, 0) is 6.54 Å². The normalized spacial score (nSPS) is 10.9. The number of carbonyl (C=O) groups excluding carboxylic acids is 1. The number of carbonyl (C=O) groups is 1. The van der Waals surface area contributed by atoms with Crippen LogP contribution in [-0.4, -0.2) is 25.5 Å². The molecule has 0 aliphatic carbocycles. The third-order valence-electron chi connectivity index (χ3n) is 2.80. The van der Waals surface area contributed by atoms with Gasteiger partial charge in [-0.25, -0.2) is 4.68 Å². The molecule has 0 aliphatic rings. The fourth-order valence-electron chi connectivity index (χ4n) is 1.76. The molecule has 18 heavy (non-hydrogen) atoms. The Morgan fingerprint density at radius 1 is 1.39 bits per heavy atom. The summed E-state index contributed by atoms with van der Waals surface area (Å²) in [6, 6.07) is 0. The van der Waals surface area contributed by atoms with E-state index in [1.54, 1.807) is 17.1 Å². The van der Waals surface area contributed by atoms with Gasteiger partial charge in [0.15, 0.2) is 0 Å². The van der Waals surface area contributed by atoms with Crippen molar-refractivity contribution in [3.8, 4) is 0 Å². The number of rotatable bonds is 3. The van der Waals surface area contributed by atoms with Crippen LogP contribution < -0.4 is 0 Å². The molecule has 2 heterocycles. The van der Waals surface area contributed by atoms with Gasteiger partial charge in [0.05, 0.1) is 29.2 Å². The Kier molecular flexibility index (Phi) is 3.52. The molecule has 0 unspecified atom stereocenters. The summed E-state index contributed by atoms with van der Waals surface area (Å²) in [6.07, 6.45) is 3.73. The Balaban J connectivity index is 2.03. The van der Waals surface area contributed by atoms with Crippen molar-refractivity contribution >= 4 is 17.5 Å². The summed E-state index contributed by atoms with van der Waals surface area (Å²) in [7, 11) is 0. The molecule has 0 aromatic carbocycles. The quantitative estimate of drug-likeness (QED) is 0.857. The van der Waals surface area contributed by atoms with Crippen LogP contribution in [0.1, 0.15) is 28.2 Å². The molecular weight excluding hydrogens is 252 g/mol. The van der Waals surface area contributed by atoms with E-state index in [0.717, 1.165) is 17.0 Å². The van der Waals surface area contributed by atoms with Crippen molar-refractivity contribution in [2.45, 2.75) is 33.7 Å². The van der Waals surface area contributed by atoms with E-state index in [-0.39, 0.29) is 5.91 Å². The van der Waals surface area contributed by atoms with E-state index in [0.29, 0.717) is 18.0 Å². The standard InChI is InChI=1S/C12H15ClN4O/c1-8-6-14-17(7-8)11(18)4-5-16-10(3)12(13)9(2)15-16/h6-7H,4-5H2,1-3H3. The Bertz CT molecular complexity index is 585. The molecule has 0 bridgehead atoms. The minimum Gasteiger partial charge on any atom is -0.273 e. The zero-order valence-corrected chi connectivity index (χ0v) is 11.4. The highest BCUT2D eigenvalue weighted by Crippen LogP contribution is 2.19. The Hall–Kier alpha value is -1.62. The largest absolute Gasteiger partial charge is 0.273 e. The summed E-state index contributed by atoms with van der Waals surface area (Å²) in [5, 5.41) is 8.93. The minimum absolute atomic E-state index is 0.0493. The predicted molar refractivity (Wildman–Crippen MR) is 68.9 cm³/mol. The molecule has 0 N–H and O–H groups in total. The van der Waals surface area contributed by atoms with Crippen LogP contribution in [0.15, 0.2) is 12.4 Å². The molecular formula is C12H15ClN4O. The van der Waals surface area contributed by atoms with E-state index in [9.17, 15) is 4.79 Å². The van der Waals surface area contributed by atoms with Crippen molar-refractivity contribution in [1.82, 2.24) is 19.6 Å². The lowest BCUT2D eigenvalue weighted by atomic mass is 10.3. The molecule has 0 saturated heterocycles. The number of halogens is 1. The van der Waals surface area contributed by atoms with Crippen molar-refractivity contribution in [1.29, 1.82) is 0 Å². The summed E-state index contributed by atoms with van der Waals surface area (Å²) in [4.78, 5) is 11.9. The molecule has 0 fully saturated rings. The number of aromatic nitrogens is 4. The molecule has 2 aromatic rings. The summed E-state index contributed by atoms with van der Waals surface area (Å²) in [5.74, 6) is -0.0493. The fourth-order valence-corrected chi connectivity index (χ4v) is 1.89. The smallest absolute Gasteiger partial charge is 0.248 e. The molecule has 0 atom stereocenters. The van der Waals surface area contributed by atoms with E-state index in [2.05, 4.69) is 10.2 Å². The first kappa shape index (κ1) is 12.8. The van der Waals surface area contributed by atoms with Gasteiger partial charge in [-0.1, -0.05) is 11.6 Å². The van der Waals surface area contributed by atoms with Crippen LogP contribution in [0.2, 0.25) is 5.02 Å². The van der Waals surface area contributed by atoms with Gasteiger partial charge in [-0.05, 0) is 26.3 Å². The Morgan fingerprint density at radius 2 is 2.11 bits per heavy atom. The van der Waals surface area contributed by atoms with Crippen LogP contribution in [0.25, 0.3) is 0 Å². The topological polar surface area (TPSA) is 52.7 Å². The van der Waals surface area contributed by atoms with E-state index in [4.69, 9.17) is 11.6 Å². The summed E-state index contributed by atoms with van der Waals surface area (Å²) in [6.45, 7) is 6.16. The lowest BCUT2D eigenvalue weighted by molar-refractivity contribution is 0.0879. The minimum atomic E-state index is -0.0493. The predicted octanol–water partition coefficient (Wildman–Crippen LogP) is 2.39. The van der Waals surface area contributed by atoms with Crippen molar-refractivity contribution in [2.75, 3.05) is 0 Å². The number of hydrogen-bond donors (Lipinski definition) is 0. The third-order valence-corrected chi connectivity index (χ3v) is 3.34. The lowest BCUT2D eigenvalue weighted by Crippen LogP contribution is -2.15. The second kappa shape index (κ2) is 4.94. The number of hydrogen-bond acceptors (Lipinski definition) is 3. The highest BCUT2D eigenvalue weighted by Gasteiger charge is 2.11. The zero-order chi connectivity index (χ0) is 13.3. The average molecular weight is 267 g/mol. The van der Waals surface area contributed by atoms with Gasteiger partial charge >= 0.3 is 0 Å². The molecule has 5 nitrogen and oxygen atoms in total. The third kappa shape index (κ3) is 2.46. The Morgan fingerprint density at radius 3 is 2.61 bits per heavy atom. The van der Waals surface area contributed by atoms with Gasteiger partial charge in [-0.2, -0.15) is 10.2 Å². The fraction of sp³-hybridized carbons (Fsp3) is 0.417. The first-order valence-corrected chi connectivity index (χ1v) is 6.11. The molecule has 2 rings (SSSR count). The number of nitrogens with zero attached hydrogens (tertiary/aromatic N) is 4. The molecule has 0 aliphatic heterocycles. The van der Waals surface area contributed by atoms with Gasteiger partial charge in [0.2, 0.25) is 5.91 Å². The molecule has 0 saturated carbocycles. The summed E-state index contributed by atoms with van der Waals surface area (Å²) < 4.78 is 3.12. The molecule has 0 amide bonds. The van der Waals surface area contributed by atoms with Gasteiger partial charge in [-0.3, -0.25) is 9.48 Å². The molecule has 2 aromatic heterocycles. The van der Waals surface area contributed by atoms with Gasteiger partial charge in [0.25, 0.3) is 0 Å². The van der Waals surface area contributed by atoms with Crippen molar-refractivity contribution < 1.29 is 4.79 Å². The van der Waals surface area contributed by atoms with Crippen LogP contribution in [0.5, 0.6) is 0 Å². The zero-order valence-electron chi connectivity index (χ0n) is 10.6. The molecule has 0 radical (unpaired) electrons. The van der Waals surface area contributed by atoms with Gasteiger partial charge < -0.3 is 0 Å². The van der Waals surface area contributed by atoms with Gasteiger partial charge in [0, 0.05) is 12.6 Å². The maximum absolute atomic E-state index is 11.9. The maximum atomic E-state index is 11.9. The van der Waals surface area contributed by atoms with E-state index >= 15 is 0 Å². The first-order valence-electron chi connectivity index (χ1n) is 5.73. The molecule has 6 heteroatoms. The monoisotopic (exact) mass is 266 g/mol. The van der Waals surface area contributed by atoms with E-state index in [1.807, 2.05) is 20.8 Å². The summed E-state index contributed by atoms with van der Waals surface area (Å²) >= 11 is 6.05. The van der Waals surface area contributed by atoms with Crippen molar-refractivity contribution in [3.05, 3.63) is 34.4 Å². The van der Waals surface area contributed by atoms with Crippen LogP contribution >= 0.6 is 11.6 Å². The second-order valence-corrected chi connectivity index (χ2v) is 4.69. The van der Waals surface area contributed by atoms with Gasteiger partial charge in [-0.15, -0.1) is 0 Å². The van der Waals surface area contributed by atoms with E-state index in [1.165, 1.54) is 4.68 Å². The van der Waals surface area contributed by atoms with Crippen LogP contribution in [0.3, 0.4) is 0 Å². The summed E-state index contributed by atoms with van der Waals surface area (Å²) in [5.41, 5.74) is 2.65. The SMILES string of the molecule is Cc1cnn(C(=O)CCn2nc(C)c(Cl)c2C)c1. The molecule has 0 spiro atoms. The van der Waals surface area contributed by atoms with Crippen LogP contribution in [0, 0.1) is 20.8 Å². The Labute approximate surface area is 110 Å². The van der Waals surface area contributed by atoms with Crippen LogP contribution in [0.4, 0.5) is 0 Å². The highest BCUT2D eigenvalue weighted by molar-refractivity contribution is 6.31. The second-order valence-electron chi connectivity index (χ2n) is 4.31. The number of aryl methyl sites for hydroxylation is 3. The highest BCUT2D eigenvalue weighted by atomic mass is 35.5. The maximum Gasteiger partial charge on any atom is 0.248 e. The first-order chi connectivity index (χ1) is 8.49. The van der Waals surface area contributed by atoms with Crippen molar-refractivity contribution in [2.24, 2.45) is 0 Å². The van der Waals surface area contributed by atoms with E-state index < -0.39 is 0 Å². The van der Waals surface area contributed by atoms with Crippen molar-refractivity contribution in [3.63, 3.8) is 0 Å². The lowest BCUT2D eigenvalue weighted by Gasteiger charge is -2.03. The molecule has 96 valence electrons. The average Bonchev–Trinajstić information content (AvgIpc) is 2.87.